The van der Waals surface area contributed by atoms with Crippen molar-refractivity contribution in [2.45, 2.75) is 0 Å². The second kappa shape index (κ2) is 12.8. The molecule has 0 N–H and O–H groups in total. The third-order valence-electron chi connectivity index (χ3n) is 11.4. The zero-order chi connectivity index (χ0) is 38.2. The Hall–Kier alpha value is -7.89. The molecule has 5 nitrogen and oxygen atoms in total. The Labute approximate surface area is 333 Å². The van der Waals surface area contributed by atoms with Crippen LogP contribution in [0, 0.1) is 0 Å². The van der Waals surface area contributed by atoms with Crippen LogP contribution in [-0.4, -0.2) is 19.5 Å². The van der Waals surface area contributed by atoms with Gasteiger partial charge in [0.25, 0.3) is 0 Å². The third-order valence-corrected chi connectivity index (χ3v) is 11.4. The van der Waals surface area contributed by atoms with Gasteiger partial charge in [-0.3, -0.25) is 4.57 Å². The summed E-state index contributed by atoms with van der Waals surface area (Å²) in [5, 5.41) is 9.01. The predicted molar refractivity (Wildman–Crippen MR) is 238 cm³/mol. The number of furan rings is 1. The fraction of sp³-hybridized carbons (Fsp3) is 0. The molecule has 0 saturated heterocycles. The molecule has 3 aromatic heterocycles. The lowest BCUT2D eigenvalue weighted by atomic mass is 9.97. The molecule has 12 aromatic rings. The van der Waals surface area contributed by atoms with Crippen molar-refractivity contribution in [2.24, 2.45) is 0 Å². The number of rotatable bonds is 5. The number of para-hydroxylation sites is 2. The van der Waals surface area contributed by atoms with E-state index >= 15 is 0 Å². The van der Waals surface area contributed by atoms with E-state index in [9.17, 15) is 0 Å². The van der Waals surface area contributed by atoms with Gasteiger partial charge in [0.2, 0.25) is 5.95 Å². The minimum Gasteiger partial charge on any atom is -0.456 e. The molecule has 0 bridgehead atoms. The third kappa shape index (κ3) is 5.14. The van der Waals surface area contributed by atoms with Gasteiger partial charge in [-0.2, -0.15) is 9.97 Å². The Morgan fingerprint density at radius 2 is 0.948 bits per heavy atom. The zero-order valence-corrected chi connectivity index (χ0v) is 31.2. The lowest BCUT2D eigenvalue weighted by Gasteiger charge is -2.14. The quantitative estimate of drug-likeness (QED) is 0.176. The van der Waals surface area contributed by atoms with E-state index in [0.29, 0.717) is 17.6 Å². The molecule has 0 amide bonds. The molecule has 270 valence electrons. The lowest BCUT2D eigenvalue weighted by molar-refractivity contribution is 0.669. The van der Waals surface area contributed by atoms with Gasteiger partial charge in [-0.05, 0) is 68.6 Å². The summed E-state index contributed by atoms with van der Waals surface area (Å²) in [5.74, 6) is 1.75. The molecule has 0 saturated carbocycles. The zero-order valence-electron chi connectivity index (χ0n) is 31.2. The average Bonchev–Trinajstić information content (AvgIpc) is 3.84. The van der Waals surface area contributed by atoms with E-state index in [2.05, 4.69) is 180 Å². The van der Waals surface area contributed by atoms with Crippen LogP contribution in [0.25, 0.3) is 116 Å². The fourth-order valence-corrected chi connectivity index (χ4v) is 8.67. The van der Waals surface area contributed by atoms with Gasteiger partial charge in [-0.1, -0.05) is 164 Å². The summed E-state index contributed by atoms with van der Waals surface area (Å²) in [6.45, 7) is 0. The number of benzene rings is 9. The maximum atomic E-state index is 6.41. The van der Waals surface area contributed by atoms with Crippen LogP contribution >= 0.6 is 0 Å². The molecular weight excluding hydrogens is 709 g/mol. The Morgan fingerprint density at radius 3 is 1.78 bits per heavy atom. The predicted octanol–water partition coefficient (Wildman–Crippen LogP) is 13.8. The van der Waals surface area contributed by atoms with Crippen molar-refractivity contribution < 1.29 is 4.42 Å². The summed E-state index contributed by atoms with van der Waals surface area (Å²) in [6.07, 6.45) is 0. The van der Waals surface area contributed by atoms with Crippen LogP contribution in [0.4, 0.5) is 0 Å². The lowest BCUT2D eigenvalue weighted by Crippen LogP contribution is -2.07. The van der Waals surface area contributed by atoms with E-state index in [1.807, 2.05) is 18.2 Å². The van der Waals surface area contributed by atoms with E-state index in [0.717, 1.165) is 93.3 Å². The smallest absolute Gasteiger partial charge is 0.238 e. The number of fused-ring (bicyclic) bond motifs is 8. The highest BCUT2D eigenvalue weighted by Gasteiger charge is 2.23. The van der Waals surface area contributed by atoms with Crippen LogP contribution in [0.15, 0.2) is 199 Å². The molecule has 0 aliphatic rings. The first kappa shape index (κ1) is 32.4. The Bertz CT molecular complexity index is 3560. The maximum absolute atomic E-state index is 6.41. The second-order valence-electron chi connectivity index (χ2n) is 14.8. The summed E-state index contributed by atoms with van der Waals surface area (Å²) in [6, 6.07) is 68.1. The Kier molecular flexibility index (Phi) is 7.16. The van der Waals surface area contributed by atoms with Crippen LogP contribution in [-0.2, 0) is 0 Å². The normalized spacial score (nSPS) is 11.8. The molecule has 3 heterocycles. The summed E-state index contributed by atoms with van der Waals surface area (Å²) in [4.78, 5) is 16.0. The van der Waals surface area contributed by atoms with Crippen molar-refractivity contribution in [2.75, 3.05) is 0 Å². The highest BCUT2D eigenvalue weighted by Crippen LogP contribution is 2.43. The molecule has 0 spiro atoms. The summed E-state index contributed by atoms with van der Waals surface area (Å²) >= 11 is 0. The molecule has 5 heteroatoms. The van der Waals surface area contributed by atoms with E-state index < -0.39 is 0 Å². The van der Waals surface area contributed by atoms with Gasteiger partial charge in [0, 0.05) is 38.2 Å². The molecule has 0 aliphatic heterocycles. The van der Waals surface area contributed by atoms with Crippen LogP contribution in [0.1, 0.15) is 0 Å². The first-order valence-corrected chi connectivity index (χ1v) is 19.5. The minimum absolute atomic E-state index is 0.548. The molecule has 0 atom stereocenters. The van der Waals surface area contributed by atoms with Crippen LogP contribution < -0.4 is 0 Å². The van der Waals surface area contributed by atoms with Gasteiger partial charge < -0.3 is 4.42 Å². The SMILES string of the molecule is c1ccc(-c2ccc(-c3nc(-c4ccc5ccccc5c4)nc(-n4c5cc6ccccc6cc5c5cccc(-c6cccc7oc8ccccc8c67)c54)n3)cc2)cc1. The van der Waals surface area contributed by atoms with Gasteiger partial charge >= 0.3 is 0 Å². The fourth-order valence-electron chi connectivity index (χ4n) is 8.67. The number of aromatic nitrogens is 4. The molecule has 58 heavy (non-hydrogen) atoms. The minimum atomic E-state index is 0.548. The first-order valence-electron chi connectivity index (χ1n) is 19.5. The Morgan fingerprint density at radius 1 is 0.362 bits per heavy atom. The molecular formula is C53H32N4O. The number of hydrogen-bond donors (Lipinski definition) is 0. The van der Waals surface area contributed by atoms with Gasteiger partial charge in [0.15, 0.2) is 11.6 Å². The van der Waals surface area contributed by atoms with E-state index in [-0.39, 0.29) is 0 Å². The molecule has 0 unspecified atom stereocenters. The van der Waals surface area contributed by atoms with E-state index in [1.165, 1.54) is 5.39 Å². The largest absolute Gasteiger partial charge is 0.456 e. The Balaban J connectivity index is 1.18. The monoisotopic (exact) mass is 740 g/mol. The van der Waals surface area contributed by atoms with Crippen LogP contribution in [0.5, 0.6) is 0 Å². The molecule has 0 radical (unpaired) electrons. The summed E-state index contributed by atoms with van der Waals surface area (Å²) in [5.41, 5.74) is 10.0. The first-order chi connectivity index (χ1) is 28.7. The number of nitrogens with zero attached hydrogens (tertiary/aromatic N) is 4. The van der Waals surface area contributed by atoms with Gasteiger partial charge in [0.1, 0.15) is 11.2 Å². The number of hydrogen-bond acceptors (Lipinski definition) is 4. The van der Waals surface area contributed by atoms with Gasteiger partial charge in [0.05, 0.1) is 11.0 Å². The van der Waals surface area contributed by atoms with Crippen LogP contribution in [0.2, 0.25) is 0 Å². The summed E-state index contributed by atoms with van der Waals surface area (Å²) in [7, 11) is 0. The van der Waals surface area contributed by atoms with Crippen molar-refractivity contribution >= 4 is 65.3 Å². The van der Waals surface area contributed by atoms with Crippen molar-refractivity contribution in [1.82, 2.24) is 19.5 Å². The van der Waals surface area contributed by atoms with Crippen LogP contribution in [0.3, 0.4) is 0 Å². The second-order valence-corrected chi connectivity index (χ2v) is 14.8. The van der Waals surface area contributed by atoms with Crippen molar-refractivity contribution in [1.29, 1.82) is 0 Å². The van der Waals surface area contributed by atoms with Gasteiger partial charge in [-0.25, -0.2) is 4.98 Å². The molecule has 0 fully saturated rings. The molecule has 0 aliphatic carbocycles. The summed E-state index contributed by atoms with van der Waals surface area (Å²) < 4.78 is 8.66. The van der Waals surface area contributed by atoms with Crippen molar-refractivity contribution in [3.8, 4) is 51.0 Å². The maximum Gasteiger partial charge on any atom is 0.238 e. The van der Waals surface area contributed by atoms with E-state index in [4.69, 9.17) is 19.4 Å². The average molecular weight is 741 g/mol. The standard InChI is InChI=1S/C53H32N4O/c1-2-12-33(13-3-1)35-24-27-36(28-25-35)51-54-52(40-29-26-34-14-4-5-15-37(34)30-40)56-53(55-51)57-46-32-39-17-7-6-16-38(39)31-45(46)43-21-10-20-42(50(43)57)41-19-11-23-48-49(41)44-18-8-9-22-47(44)58-48/h1-32H. The molecule has 12 rings (SSSR count). The van der Waals surface area contributed by atoms with Gasteiger partial charge in [-0.15, -0.1) is 0 Å². The highest BCUT2D eigenvalue weighted by atomic mass is 16.3. The topological polar surface area (TPSA) is 56.7 Å². The molecule has 9 aromatic carbocycles. The van der Waals surface area contributed by atoms with Crippen molar-refractivity contribution in [3.63, 3.8) is 0 Å². The van der Waals surface area contributed by atoms with E-state index in [1.54, 1.807) is 0 Å². The highest BCUT2D eigenvalue weighted by molar-refractivity contribution is 6.20. The van der Waals surface area contributed by atoms with Crippen molar-refractivity contribution in [3.05, 3.63) is 194 Å².